The maximum Gasteiger partial charge on any atom is 0.358 e. The fourth-order valence-corrected chi connectivity index (χ4v) is 4.45. The summed E-state index contributed by atoms with van der Waals surface area (Å²) >= 11 is 0. The van der Waals surface area contributed by atoms with Crippen LogP contribution in [-0.4, -0.2) is 49.5 Å². The molecular weight excluding hydrogens is 344 g/mol. The molecule has 4 rings (SSSR count). The van der Waals surface area contributed by atoms with E-state index in [1.807, 2.05) is 4.90 Å². The van der Waals surface area contributed by atoms with Crippen molar-refractivity contribution in [1.29, 1.82) is 0 Å². The van der Waals surface area contributed by atoms with E-state index in [9.17, 15) is 9.59 Å². The smallest absolute Gasteiger partial charge is 0.358 e. The second-order valence-corrected chi connectivity index (χ2v) is 7.51. The Morgan fingerprint density at radius 1 is 1.19 bits per heavy atom. The first-order valence-corrected chi connectivity index (χ1v) is 9.62. The molecule has 27 heavy (non-hydrogen) atoms. The monoisotopic (exact) mass is 368 g/mol. The minimum atomic E-state index is -1.09. The standard InChI is InChI=1S/C20H24N4O3/c25-19(11-15-7-3-6-14-5-1-2-9-17(14)15)24-10-4-8-16(24)12-23-13-18(20(26)27)21-22-23/h1-2,5,9,13,15-16H,3-4,6-8,10-12H2,(H,26,27). The Kier molecular flexibility index (Phi) is 4.92. The van der Waals surface area contributed by atoms with Gasteiger partial charge in [-0.1, -0.05) is 29.5 Å². The lowest BCUT2D eigenvalue weighted by atomic mass is 9.81. The first-order chi connectivity index (χ1) is 13.1. The molecule has 1 aromatic carbocycles. The van der Waals surface area contributed by atoms with Crippen molar-refractivity contribution in [3.63, 3.8) is 0 Å². The Morgan fingerprint density at radius 3 is 2.85 bits per heavy atom. The first-order valence-electron chi connectivity index (χ1n) is 9.62. The summed E-state index contributed by atoms with van der Waals surface area (Å²) in [5, 5.41) is 16.5. The van der Waals surface area contributed by atoms with Gasteiger partial charge >= 0.3 is 5.97 Å². The van der Waals surface area contributed by atoms with Gasteiger partial charge in [0.25, 0.3) is 0 Å². The van der Waals surface area contributed by atoms with Crippen LogP contribution in [-0.2, 0) is 17.8 Å². The van der Waals surface area contributed by atoms with Gasteiger partial charge in [-0.05, 0) is 49.1 Å². The van der Waals surface area contributed by atoms with E-state index in [1.54, 1.807) is 0 Å². The van der Waals surface area contributed by atoms with Crippen LogP contribution in [0.15, 0.2) is 30.5 Å². The van der Waals surface area contributed by atoms with Crippen LogP contribution < -0.4 is 0 Å². The predicted octanol–water partition coefficient (Wildman–Crippen LogP) is 2.48. The summed E-state index contributed by atoms with van der Waals surface area (Å²) in [4.78, 5) is 25.9. The fourth-order valence-electron chi connectivity index (χ4n) is 4.45. The molecule has 0 bridgehead atoms. The molecule has 1 N–H and O–H groups in total. The molecule has 1 fully saturated rings. The number of aromatic nitrogens is 3. The fraction of sp³-hybridized carbons (Fsp3) is 0.500. The molecular formula is C20H24N4O3. The van der Waals surface area contributed by atoms with Crippen LogP contribution in [0.5, 0.6) is 0 Å². The molecule has 2 atom stereocenters. The number of hydrogen-bond acceptors (Lipinski definition) is 4. The van der Waals surface area contributed by atoms with E-state index in [-0.39, 0.29) is 17.6 Å². The number of nitrogens with zero attached hydrogens (tertiary/aromatic N) is 4. The Hall–Kier alpha value is -2.70. The normalized spacial score (nSPS) is 21.9. The number of amides is 1. The van der Waals surface area contributed by atoms with Gasteiger partial charge in [-0.3, -0.25) is 4.79 Å². The third kappa shape index (κ3) is 3.72. The van der Waals surface area contributed by atoms with E-state index in [4.69, 9.17) is 5.11 Å². The molecule has 0 spiro atoms. The van der Waals surface area contributed by atoms with Gasteiger partial charge in [0.2, 0.25) is 5.91 Å². The molecule has 7 nitrogen and oxygen atoms in total. The minimum Gasteiger partial charge on any atom is -0.476 e. The van der Waals surface area contributed by atoms with Crippen LogP contribution in [0, 0.1) is 0 Å². The SMILES string of the molecule is O=C(O)c1cn(CC2CCCN2C(=O)CC2CCCc3ccccc32)nn1. The highest BCUT2D eigenvalue weighted by Crippen LogP contribution is 2.35. The maximum atomic E-state index is 13.0. The van der Waals surface area contributed by atoms with Crippen molar-refractivity contribution in [1.82, 2.24) is 19.9 Å². The van der Waals surface area contributed by atoms with Crippen molar-refractivity contribution in [3.8, 4) is 0 Å². The zero-order valence-corrected chi connectivity index (χ0v) is 15.3. The molecule has 2 heterocycles. The zero-order chi connectivity index (χ0) is 18.8. The van der Waals surface area contributed by atoms with Gasteiger partial charge in [-0.25, -0.2) is 9.48 Å². The Labute approximate surface area is 158 Å². The molecule has 2 aromatic rings. The third-order valence-electron chi connectivity index (χ3n) is 5.77. The minimum absolute atomic E-state index is 0.0553. The number of rotatable bonds is 5. The van der Waals surface area contributed by atoms with Gasteiger partial charge in [0.05, 0.1) is 18.8 Å². The van der Waals surface area contributed by atoms with Crippen molar-refractivity contribution in [2.75, 3.05) is 6.54 Å². The van der Waals surface area contributed by atoms with Gasteiger partial charge in [-0.2, -0.15) is 0 Å². The lowest BCUT2D eigenvalue weighted by Crippen LogP contribution is -2.39. The summed E-state index contributed by atoms with van der Waals surface area (Å²) in [6.07, 6.45) is 7.16. The summed E-state index contributed by atoms with van der Waals surface area (Å²) in [5.74, 6) is -0.594. The Balaban J connectivity index is 1.43. The highest BCUT2D eigenvalue weighted by Gasteiger charge is 2.32. The van der Waals surface area contributed by atoms with Crippen LogP contribution >= 0.6 is 0 Å². The van der Waals surface area contributed by atoms with Crippen LogP contribution in [0.4, 0.5) is 0 Å². The van der Waals surface area contributed by atoms with Crippen molar-refractivity contribution >= 4 is 11.9 Å². The van der Waals surface area contributed by atoms with Crippen molar-refractivity contribution in [3.05, 3.63) is 47.3 Å². The van der Waals surface area contributed by atoms with E-state index in [0.29, 0.717) is 18.9 Å². The average molecular weight is 368 g/mol. The van der Waals surface area contributed by atoms with E-state index in [0.717, 1.165) is 38.6 Å². The maximum absolute atomic E-state index is 13.0. The Bertz CT molecular complexity index is 847. The van der Waals surface area contributed by atoms with Crippen LogP contribution in [0.3, 0.4) is 0 Å². The van der Waals surface area contributed by atoms with Gasteiger partial charge in [0.1, 0.15) is 0 Å². The average Bonchev–Trinajstić information content (AvgIpc) is 3.32. The van der Waals surface area contributed by atoms with Crippen LogP contribution in [0.1, 0.15) is 59.6 Å². The molecule has 7 heteroatoms. The topological polar surface area (TPSA) is 88.3 Å². The number of carboxylic acids is 1. The molecule has 1 saturated heterocycles. The summed E-state index contributed by atoms with van der Waals surface area (Å²) in [6.45, 7) is 1.26. The second-order valence-electron chi connectivity index (χ2n) is 7.51. The summed E-state index contributed by atoms with van der Waals surface area (Å²) in [7, 11) is 0. The van der Waals surface area contributed by atoms with Gasteiger partial charge in [-0.15, -0.1) is 5.10 Å². The molecule has 1 aliphatic heterocycles. The molecule has 142 valence electrons. The first kappa shape index (κ1) is 17.7. The third-order valence-corrected chi connectivity index (χ3v) is 5.77. The Morgan fingerprint density at radius 2 is 2.04 bits per heavy atom. The molecule has 0 radical (unpaired) electrons. The van der Waals surface area contributed by atoms with Crippen molar-refractivity contribution in [2.24, 2.45) is 0 Å². The molecule has 1 aliphatic carbocycles. The largest absolute Gasteiger partial charge is 0.476 e. The summed E-state index contributed by atoms with van der Waals surface area (Å²) in [6, 6.07) is 8.53. The molecule has 1 aromatic heterocycles. The number of hydrogen-bond donors (Lipinski definition) is 1. The number of carbonyl (C=O) groups excluding carboxylic acids is 1. The summed E-state index contributed by atoms with van der Waals surface area (Å²) < 4.78 is 1.54. The second kappa shape index (κ2) is 7.50. The van der Waals surface area contributed by atoms with Crippen molar-refractivity contribution < 1.29 is 14.7 Å². The van der Waals surface area contributed by atoms with E-state index < -0.39 is 5.97 Å². The number of aromatic carboxylic acids is 1. The van der Waals surface area contributed by atoms with Gasteiger partial charge < -0.3 is 10.0 Å². The van der Waals surface area contributed by atoms with Gasteiger partial charge in [0, 0.05) is 13.0 Å². The van der Waals surface area contributed by atoms with Crippen molar-refractivity contribution in [2.45, 2.75) is 57.0 Å². The number of benzene rings is 1. The van der Waals surface area contributed by atoms with E-state index in [1.165, 1.54) is 22.0 Å². The number of carboxylic acid groups (broad SMARTS) is 1. The molecule has 1 amide bonds. The highest BCUT2D eigenvalue weighted by molar-refractivity contribution is 5.84. The lowest BCUT2D eigenvalue weighted by Gasteiger charge is -2.29. The number of likely N-dealkylation sites (tertiary alicyclic amines) is 1. The molecule has 2 aliphatic rings. The van der Waals surface area contributed by atoms with Gasteiger partial charge in [0.15, 0.2) is 5.69 Å². The predicted molar refractivity (Wildman–Crippen MR) is 98.5 cm³/mol. The highest BCUT2D eigenvalue weighted by atomic mass is 16.4. The molecule has 0 saturated carbocycles. The van der Waals surface area contributed by atoms with E-state index >= 15 is 0 Å². The number of aryl methyl sites for hydroxylation is 1. The zero-order valence-electron chi connectivity index (χ0n) is 15.3. The lowest BCUT2D eigenvalue weighted by molar-refractivity contribution is -0.132. The van der Waals surface area contributed by atoms with Crippen LogP contribution in [0.25, 0.3) is 0 Å². The number of carbonyl (C=O) groups is 2. The number of fused-ring (bicyclic) bond motifs is 1. The molecule has 2 unspecified atom stereocenters. The van der Waals surface area contributed by atoms with Crippen LogP contribution in [0.2, 0.25) is 0 Å². The van der Waals surface area contributed by atoms with E-state index in [2.05, 4.69) is 34.6 Å². The quantitative estimate of drug-likeness (QED) is 0.876. The summed E-state index contributed by atoms with van der Waals surface area (Å²) in [5.41, 5.74) is 2.64.